The number of benzene rings is 1. The van der Waals surface area contributed by atoms with E-state index in [4.69, 9.17) is 0 Å². The number of amides is 1. The van der Waals surface area contributed by atoms with Gasteiger partial charge in [0, 0.05) is 7.05 Å². The summed E-state index contributed by atoms with van der Waals surface area (Å²) in [5, 5.41) is 9.64. The van der Waals surface area contributed by atoms with E-state index in [1.165, 1.54) is 0 Å². The third-order valence-corrected chi connectivity index (χ3v) is 5.14. The van der Waals surface area contributed by atoms with Gasteiger partial charge in [-0.05, 0) is 6.07 Å². The Balaban J connectivity index is 2.37. The molecule has 1 N–H and O–H groups in total. The largest absolute Gasteiger partial charge is 0.390 e. The molecule has 2 rings (SSSR count). The van der Waals surface area contributed by atoms with Crippen molar-refractivity contribution < 1.29 is 35.9 Å². The van der Waals surface area contributed by atoms with Crippen molar-refractivity contribution in [2.24, 2.45) is 0 Å². The van der Waals surface area contributed by atoms with Crippen LogP contribution in [0.3, 0.4) is 0 Å². The molecule has 0 unspecified atom stereocenters. The Hall–Kier alpha value is -1.68. The lowest BCUT2D eigenvalue weighted by atomic mass is 10.1. The first kappa shape index (κ1) is 16.7. The standard InChI is InChI=1S/C12H11F4NO4S/c1-17(7-3-22(20,21)4-8(7)18)12(19)5-2-6(13)10(15)11(16)9(5)14/h2,7-8,18H,3-4H2,1H3/t7-,8-/m1/s1. The van der Waals surface area contributed by atoms with Gasteiger partial charge in [-0.2, -0.15) is 0 Å². The zero-order valence-corrected chi connectivity index (χ0v) is 12.0. The van der Waals surface area contributed by atoms with Crippen molar-refractivity contribution in [1.82, 2.24) is 4.90 Å². The summed E-state index contributed by atoms with van der Waals surface area (Å²) in [6.07, 6.45) is -1.41. The minimum Gasteiger partial charge on any atom is -0.390 e. The van der Waals surface area contributed by atoms with Crippen LogP contribution < -0.4 is 0 Å². The van der Waals surface area contributed by atoms with Gasteiger partial charge in [0.1, 0.15) is 0 Å². The summed E-state index contributed by atoms with van der Waals surface area (Å²) in [5.74, 6) is -10.2. The fourth-order valence-electron chi connectivity index (χ4n) is 2.25. The van der Waals surface area contributed by atoms with E-state index >= 15 is 0 Å². The number of nitrogens with zero attached hydrogens (tertiary/aromatic N) is 1. The van der Waals surface area contributed by atoms with E-state index in [0.29, 0.717) is 4.90 Å². The summed E-state index contributed by atoms with van der Waals surface area (Å²) in [7, 11) is -2.53. The maximum atomic E-state index is 13.6. The molecule has 1 amide bonds. The molecular weight excluding hydrogens is 330 g/mol. The highest BCUT2D eigenvalue weighted by Crippen LogP contribution is 2.23. The van der Waals surface area contributed by atoms with E-state index in [-0.39, 0.29) is 6.07 Å². The molecule has 0 aliphatic carbocycles. The Labute approximate surface area is 123 Å². The van der Waals surface area contributed by atoms with Gasteiger partial charge in [0.2, 0.25) is 0 Å². The molecule has 10 heteroatoms. The molecule has 0 aromatic heterocycles. The van der Waals surface area contributed by atoms with Gasteiger partial charge in [0.05, 0.1) is 29.2 Å². The summed E-state index contributed by atoms with van der Waals surface area (Å²) in [6.45, 7) is 0. The fraction of sp³-hybridized carbons (Fsp3) is 0.417. The van der Waals surface area contributed by atoms with Crippen LogP contribution >= 0.6 is 0 Å². The van der Waals surface area contributed by atoms with E-state index in [2.05, 4.69) is 0 Å². The van der Waals surface area contributed by atoms with Crippen molar-refractivity contribution in [2.45, 2.75) is 12.1 Å². The zero-order chi connectivity index (χ0) is 16.8. The summed E-state index contributed by atoms with van der Waals surface area (Å²) >= 11 is 0. The number of hydrogen-bond acceptors (Lipinski definition) is 4. The van der Waals surface area contributed by atoms with E-state index in [1.54, 1.807) is 0 Å². The predicted octanol–water partition coefficient (Wildman–Crippen LogP) is 0.473. The molecule has 1 aliphatic rings. The van der Waals surface area contributed by atoms with Crippen LogP contribution in [0.15, 0.2) is 6.07 Å². The van der Waals surface area contributed by atoms with Crippen molar-refractivity contribution >= 4 is 15.7 Å². The number of carbonyl (C=O) groups excluding carboxylic acids is 1. The maximum Gasteiger partial charge on any atom is 0.257 e. The maximum absolute atomic E-state index is 13.6. The molecule has 0 bridgehead atoms. The third-order valence-electron chi connectivity index (χ3n) is 3.44. The Morgan fingerprint density at radius 2 is 1.77 bits per heavy atom. The summed E-state index contributed by atoms with van der Waals surface area (Å²) < 4.78 is 75.5. The Morgan fingerprint density at radius 3 is 2.27 bits per heavy atom. The average Bonchev–Trinajstić information content (AvgIpc) is 2.72. The Kier molecular flexibility index (Phi) is 4.18. The lowest BCUT2D eigenvalue weighted by Gasteiger charge is -2.26. The number of hydrogen-bond donors (Lipinski definition) is 1. The van der Waals surface area contributed by atoms with Crippen LogP contribution in [0.1, 0.15) is 10.4 Å². The first-order valence-corrected chi connectivity index (χ1v) is 7.86. The van der Waals surface area contributed by atoms with E-state index in [1.807, 2.05) is 0 Å². The molecular formula is C12H11F4NO4S. The molecule has 1 saturated heterocycles. The minimum atomic E-state index is -3.58. The average molecular weight is 341 g/mol. The summed E-state index contributed by atoms with van der Waals surface area (Å²) in [5.41, 5.74) is -1.09. The first-order chi connectivity index (χ1) is 10.0. The first-order valence-electron chi connectivity index (χ1n) is 6.04. The van der Waals surface area contributed by atoms with Crippen molar-refractivity contribution in [3.63, 3.8) is 0 Å². The number of rotatable bonds is 2. The van der Waals surface area contributed by atoms with Crippen LogP contribution in [0.25, 0.3) is 0 Å². The van der Waals surface area contributed by atoms with Crippen LogP contribution in [-0.2, 0) is 9.84 Å². The Morgan fingerprint density at radius 1 is 1.18 bits per heavy atom. The van der Waals surface area contributed by atoms with Gasteiger partial charge < -0.3 is 10.0 Å². The van der Waals surface area contributed by atoms with Gasteiger partial charge in [-0.25, -0.2) is 26.0 Å². The Bertz CT molecular complexity index is 737. The highest BCUT2D eigenvalue weighted by Gasteiger charge is 2.41. The molecule has 1 heterocycles. The van der Waals surface area contributed by atoms with Gasteiger partial charge in [0.25, 0.3) is 5.91 Å². The molecule has 1 fully saturated rings. The second-order valence-electron chi connectivity index (χ2n) is 4.98. The lowest BCUT2D eigenvalue weighted by Crippen LogP contribution is -2.44. The number of aliphatic hydroxyl groups is 1. The second-order valence-corrected chi connectivity index (χ2v) is 7.13. The van der Waals surface area contributed by atoms with Gasteiger partial charge in [-0.1, -0.05) is 0 Å². The topological polar surface area (TPSA) is 74.7 Å². The summed E-state index contributed by atoms with van der Waals surface area (Å²) in [6, 6.07) is -1.00. The molecule has 1 aliphatic heterocycles. The number of aliphatic hydroxyl groups excluding tert-OH is 1. The van der Waals surface area contributed by atoms with Crippen LogP contribution in [0.2, 0.25) is 0 Å². The van der Waals surface area contributed by atoms with Crippen molar-refractivity contribution in [1.29, 1.82) is 0 Å². The van der Waals surface area contributed by atoms with E-state index < -0.39 is 68.2 Å². The van der Waals surface area contributed by atoms with Gasteiger partial charge in [-0.3, -0.25) is 4.79 Å². The van der Waals surface area contributed by atoms with Crippen LogP contribution in [0.4, 0.5) is 17.6 Å². The van der Waals surface area contributed by atoms with Gasteiger partial charge in [-0.15, -0.1) is 0 Å². The number of halogens is 4. The highest BCUT2D eigenvalue weighted by molar-refractivity contribution is 7.91. The smallest absolute Gasteiger partial charge is 0.257 e. The van der Waals surface area contributed by atoms with Crippen LogP contribution in [-0.4, -0.2) is 55.0 Å². The molecule has 0 spiro atoms. The minimum absolute atomic E-state index is 0.183. The fourth-order valence-corrected chi connectivity index (χ4v) is 4.09. The summed E-state index contributed by atoms with van der Waals surface area (Å²) in [4.78, 5) is 12.7. The number of carbonyl (C=O) groups is 1. The SMILES string of the molecule is CN(C(=O)c1cc(F)c(F)c(F)c1F)[C@@H]1CS(=O)(=O)C[C@H]1O. The predicted molar refractivity (Wildman–Crippen MR) is 66.8 cm³/mol. The molecule has 22 heavy (non-hydrogen) atoms. The van der Waals surface area contributed by atoms with Crippen molar-refractivity contribution in [3.05, 3.63) is 34.9 Å². The number of likely N-dealkylation sites (N-methyl/N-ethyl adjacent to an activating group) is 1. The molecule has 0 radical (unpaired) electrons. The third kappa shape index (κ3) is 2.80. The molecule has 1 aromatic carbocycles. The van der Waals surface area contributed by atoms with Crippen molar-refractivity contribution in [3.8, 4) is 0 Å². The molecule has 1 aromatic rings. The van der Waals surface area contributed by atoms with Crippen molar-refractivity contribution in [2.75, 3.05) is 18.6 Å². The normalized spacial score (nSPS) is 23.5. The van der Waals surface area contributed by atoms with Crippen LogP contribution in [0.5, 0.6) is 0 Å². The molecule has 122 valence electrons. The van der Waals surface area contributed by atoms with E-state index in [9.17, 15) is 35.9 Å². The monoisotopic (exact) mass is 341 g/mol. The zero-order valence-electron chi connectivity index (χ0n) is 11.2. The van der Waals surface area contributed by atoms with Gasteiger partial charge in [0.15, 0.2) is 33.1 Å². The lowest BCUT2D eigenvalue weighted by molar-refractivity contribution is 0.0575. The molecule has 2 atom stereocenters. The highest BCUT2D eigenvalue weighted by atomic mass is 32.2. The molecule has 0 saturated carbocycles. The molecule has 5 nitrogen and oxygen atoms in total. The van der Waals surface area contributed by atoms with Crippen LogP contribution in [0, 0.1) is 23.3 Å². The quantitative estimate of drug-likeness (QED) is 0.482. The second kappa shape index (κ2) is 5.51. The van der Waals surface area contributed by atoms with E-state index in [0.717, 1.165) is 7.05 Å². The van der Waals surface area contributed by atoms with Gasteiger partial charge >= 0.3 is 0 Å². The number of sulfone groups is 1.